The van der Waals surface area contributed by atoms with E-state index in [0.29, 0.717) is 5.75 Å². The summed E-state index contributed by atoms with van der Waals surface area (Å²) in [7, 11) is 0. The number of nitrogens with zero attached hydrogens (tertiary/aromatic N) is 1. The summed E-state index contributed by atoms with van der Waals surface area (Å²) in [4.78, 5) is 20.6. The quantitative estimate of drug-likeness (QED) is 0.433. The molecule has 0 amide bonds. The molecule has 24 heavy (non-hydrogen) atoms. The van der Waals surface area contributed by atoms with Gasteiger partial charge in [0.2, 0.25) is 0 Å². The van der Waals surface area contributed by atoms with Gasteiger partial charge in [-0.15, -0.1) is 0 Å². The Morgan fingerprint density at radius 1 is 1.12 bits per heavy atom. The molecule has 8 heteroatoms. The van der Waals surface area contributed by atoms with Crippen LogP contribution in [0.4, 0.5) is 0 Å². The molecule has 0 aliphatic carbocycles. The zero-order valence-corrected chi connectivity index (χ0v) is 13.5. The molecule has 8 nitrogen and oxygen atoms in total. The number of phenolic OH excluding ortho intramolecular Hbond substituents is 1. The van der Waals surface area contributed by atoms with E-state index in [1.807, 2.05) is 18.2 Å². The number of carboxylic acids is 2. The summed E-state index contributed by atoms with van der Waals surface area (Å²) in [6, 6.07) is 7.47. The molecule has 1 aromatic rings. The van der Waals surface area contributed by atoms with Crippen molar-refractivity contribution in [1.82, 2.24) is 10.2 Å². The number of para-hydroxylation sites is 1. The molecule has 0 radical (unpaired) electrons. The molecular formula is C16H24N2O6. The number of aliphatic carboxylic acids is 2. The van der Waals surface area contributed by atoms with E-state index in [0.717, 1.165) is 57.9 Å². The standard InChI is InChI=1S/C14H22N2O2.C2H2O4/c17-14-5-2-1-4-13(14)12-15-6-3-7-16-8-10-18-11-9-16;3-1(4)2(5)6/h1-2,4-5,15,17H,3,6-12H2;(H,3,4)(H,5,6). The number of carbonyl (C=O) groups is 2. The molecule has 0 aromatic heterocycles. The van der Waals surface area contributed by atoms with E-state index in [9.17, 15) is 5.11 Å². The van der Waals surface area contributed by atoms with Gasteiger partial charge in [0.05, 0.1) is 13.2 Å². The molecule has 0 unspecified atom stereocenters. The number of rotatable bonds is 6. The number of ether oxygens (including phenoxy) is 1. The molecule has 1 fully saturated rings. The van der Waals surface area contributed by atoms with Crippen LogP contribution in [0.2, 0.25) is 0 Å². The summed E-state index contributed by atoms with van der Waals surface area (Å²) >= 11 is 0. The van der Waals surface area contributed by atoms with Crippen LogP contribution >= 0.6 is 0 Å². The third kappa shape index (κ3) is 8.47. The first-order valence-corrected chi connectivity index (χ1v) is 7.74. The van der Waals surface area contributed by atoms with Crippen molar-refractivity contribution < 1.29 is 29.6 Å². The predicted molar refractivity (Wildman–Crippen MR) is 87.0 cm³/mol. The second kappa shape index (κ2) is 11.4. The van der Waals surface area contributed by atoms with E-state index in [2.05, 4.69) is 10.2 Å². The van der Waals surface area contributed by atoms with Crippen LogP contribution < -0.4 is 5.32 Å². The lowest BCUT2D eigenvalue weighted by molar-refractivity contribution is -0.159. The largest absolute Gasteiger partial charge is 0.508 e. The Labute approximate surface area is 140 Å². The average molecular weight is 340 g/mol. The molecular weight excluding hydrogens is 316 g/mol. The first kappa shape index (κ1) is 19.9. The molecule has 1 aliphatic rings. The Bertz CT molecular complexity index is 505. The zero-order valence-electron chi connectivity index (χ0n) is 13.5. The van der Waals surface area contributed by atoms with E-state index in [-0.39, 0.29) is 0 Å². The van der Waals surface area contributed by atoms with Gasteiger partial charge in [-0.1, -0.05) is 18.2 Å². The van der Waals surface area contributed by atoms with Crippen molar-refractivity contribution in [3.8, 4) is 5.75 Å². The molecule has 4 N–H and O–H groups in total. The van der Waals surface area contributed by atoms with Gasteiger partial charge in [-0.25, -0.2) is 9.59 Å². The van der Waals surface area contributed by atoms with Crippen LogP contribution in [0.5, 0.6) is 5.75 Å². The van der Waals surface area contributed by atoms with Gasteiger partial charge in [-0.2, -0.15) is 0 Å². The van der Waals surface area contributed by atoms with Crippen molar-refractivity contribution in [2.24, 2.45) is 0 Å². The number of morpholine rings is 1. The maximum atomic E-state index is 9.61. The number of nitrogens with one attached hydrogen (secondary N) is 1. The fraction of sp³-hybridized carbons (Fsp3) is 0.500. The highest BCUT2D eigenvalue weighted by molar-refractivity contribution is 6.27. The third-order valence-electron chi connectivity index (χ3n) is 3.42. The van der Waals surface area contributed by atoms with Crippen LogP contribution in [0.1, 0.15) is 12.0 Å². The Balaban J connectivity index is 0.000000413. The Kier molecular flexibility index (Phi) is 9.44. The highest BCUT2D eigenvalue weighted by Crippen LogP contribution is 2.14. The minimum absolute atomic E-state index is 0.373. The molecule has 2 rings (SSSR count). The van der Waals surface area contributed by atoms with Crippen LogP contribution in [-0.4, -0.2) is 71.6 Å². The number of phenols is 1. The molecule has 134 valence electrons. The van der Waals surface area contributed by atoms with E-state index in [1.54, 1.807) is 6.07 Å². The highest BCUT2D eigenvalue weighted by atomic mass is 16.5. The van der Waals surface area contributed by atoms with Crippen molar-refractivity contribution in [2.75, 3.05) is 39.4 Å². The summed E-state index contributed by atoms with van der Waals surface area (Å²) in [6.07, 6.45) is 1.13. The van der Waals surface area contributed by atoms with Crippen molar-refractivity contribution in [2.45, 2.75) is 13.0 Å². The molecule has 0 spiro atoms. The number of hydrogen-bond acceptors (Lipinski definition) is 6. The topological polar surface area (TPSA) is 119 Å². The van der Waals surface area contributed by atoms with Gasteiger partial charge in [0.15, 0.2) is 0 Å². The smallest absolute Gasteiger partial charge is 0.414 e. The van der Waals surface area contributed by atoms with Gasteiger partial charge in [0, 0.05) is 25.2 Å². The molecule has 1 aliphatic heterocycles. The summed E-state index contributed by atoms with van der Waals surface area (Å²) in [6.45, 7) is 6.67. The van der Waals surface area contributed by atoms with E-state index in [1.165, 1.54) is 0 Å². The van der Waals surface area contributed by atoms with Crippen LogP contribution in [0, 0.1) is 0 Å². The summed E-state index contributed by atoms with van der Waals surface area (Å²) in [5, 5.41) is 27.8. The van der Waals surface area contributed by atoms with Gasteiger partial charge >= 0.3 is 11.9 Å². The maximum Gasteiger partial charge on any atom is 0.414 e. The van der Waals surface area contributed by atoms with E-state index >= 15 is 0 Å². The van der Waals surface area contributed by atoms with Crippen molar-refractivity contribution in [3.05, 3.63) is 29.8 Å². The Morgan fingerprint density at radius 3 is 2.33 bits per heavy atom. The maximum absolute atomic E-state index is 9.61. The van der Waals surface area contributed by atoms with Crippen LogP contribution in [0.15, 0.2) is 24.3 Å². The molecule has 1 aromatic carbocycles. The Morgan fingerprint density at radius 2 is 1.75 bits per heavy atom. The predicted octanol–water partition coefficient (Wildman–Crippen LogP) is 0.360. The van der Waals surface area contributed by atoms with Gasteiger partial charge in [0.25, 0.3) is 0 Å². The highest BCUT2D eigenvalue weighted by Gasteiger charge is 2.09. The molecule has 1 heterocycles. The van der Waals surface area contributed by atoms with Crippen molar-refractivity contribution in [3.63, 3.8) is 0 Å². The molecule has 1 saturated heterocycles. The van der Waals surface area contributed by atoms with Gasteiger partial charge in [-0.05, 0) is 25.6 Å². The lowest BCUT2D eigenvalue weighted by Crippen LogP contribution is -2.37. The summed E-state index contributed by atoms with van der Waals surface area (Å²) in [5.74, 6) is -3.27. The minimum Gasteiger partial charge on any atom is -0.508 e. The second-order valence-corrected chi connectivity index (χ2v) is 5.22. The van der Waals surface area contributed by atoms with Gasteiger partial charge < -0.3 is 25.4 Å². The first-order valence-electron chi connectivity index (χ1n) is 7.74. The van der Waals surface area contributed by atoms with Gasteiger partial charge in [-0.3, -0.25) is 4.90 Å². The van der Waals surface area contributed by atoms with Crippen LogP contribution in [-0.2, 0) is 20.9 Å². The van der Waals surface area contributed by atoms with E-state index in [4.69, 9.17) is 24.5 Å². The monoisotopic (exact) mass is 340 g/mol. The third-order valence-corrected chi connectivity index (χ3v) is 3.42. The Hall–Kier alpha value is -2.16. The number of aromatic hydroxyl groups is 1. The number of benzene rings is 1. The van der Waals surface area contributed by atoms with Crippen LogP contribution in [0.3, 0.4) is 0 Å². The number of hydrogen-bond donors (Lipinski definition) is 4. The lowest BCUT2D eigenvalue weighted by atomic mass is 10.2. The minimum atomic E-state index is -1.82. The number of carboxylic acid groups (broad SMARTS) is 2. The van der Waals surface area contributed by atoms with Gasteiger partial charge in [0.1, 0.15) is 5.75 Å². The fourth-order valence-electron chi connectivity index (χ4n) is 2.14. The SMILES string of the molecule is O=C(O)C(=O)O.Oc1ccccc1CNCCCN1CCOCC1. The van der Waals surface area contributed by atoms with Crippen molar-refractivity contribution in [1.29, 1.82) is 0 Å². The summed E-state index contributed by atoms with van der Waals surface area (Å²) in [5.41, 5.74) is 0.962. The molecule has 0 saturated carbocycles. The lowest BCUT2D eigenvalue weighted by Gasteiger charge is -2.26. The molecule has 0 bridgehead atoms. The zero-order chi connectivity index (χ0) is 17.8. The fourth-order valence-corrected chi connectivity index (χ4v) is 2.14. The normalized spacial score (nSPS) is 14.5. The average Bonchev–Trinajstić information content (AvgIpc) is 2.57. The first-order chi connectivity index (χ1) is 11.5. The van der Waals surface area contributed by atoms with Crippen molar-refractivity contribution >= 4 is 11.9 Å². The van der Waals surface area contributed by atoms with E-state index < -0.39 is 11.9 Å². The summed E-state index contributed by atoms with van der Waals surface area (Å²) < 4.78 is 5.31. The molecule has 0 atom stereocenters. The second-order valence-electron chi connectivity index (χ2n) is 5.22. The van der Waals surface area contributed by atoms with Crippen LogP contribution in [0.25, 0.3) is 0 Å².